The summed E-state index contributed by atoms with van der Waals surface area (Å²) < 4.78 is 0.958. The van der Waals surface area contributed by atoms with Crippen molar-refractivity contribution in [3.63, 3.8) is 0 Å². The zero-order chi connectivity index (χ0) is 12.9. The lowest BCUT2D eigenvalue weighted by molar-refractivity contribution is 1.18. The minimum atomic E-state index is 0.104. The molecule has 3 heteroatoms. The molecule has 0 amide bonds. The van der Waals surface area contributed by atoms with Crippen molar-refractivity contribution in [1.82, 2.24) is 4.98 Å². The van der Waals surface area contributed by atoms with Crippen LogP contribution in [0.5, 0.6) is 0 Å². The molecule has 18 heavy (non-hydrogen) atoms. The molecule has 0 bridgehead atoms. The number of aryl methyl sites for hydroxylation is 1. The van der Waals surface area contributed by atoms with Crippen molar-refractivity contribution in [2.75, 3.05) is 0 Å². The Hall–Kier alpha value is -1.61. The van der Waals surface area contributed by atoms with Gasteiger partial charge in [-0.1, -0.05) is 40.2 Å². The van der Waals surface area contributed by atoms with Gasteiger partial charge in [0.05, 0.1) is 5.52 Å². The monoisotopic (exact) mass is 301 g/mol. The Morgan fingerprint density at radius 3 is 2.44 bits per heavy atom. The van der Waals surface area contributed by atoms with Gasteiger partial charge in [0.1, 0.15) is 0 Å². The SMILES string of the molecule is Cc1[nH]c2c(cc(Br)c3ccccc32)c(=O)c1C. The molecule has 1 aromatic heterocycles. The second-order valence-electron chi connectivity index (χ2n) is 4.53. The first-order chi connectivity index (χ1) is 8.59. The van der Waals surface area contributed by atoms with E-state index in [4.69, 9.17) is 0 Å². The zero-order valence-corrected chi connectivity index (χ0v) is 11.8. The van der Waals surface area contributed by atoms with Gasteiger partial charge < -0.3 is 4.98 Å². The van der Waals surface area contributed by atoms with Gasteiger partial charge in [0.2, 0.25) is 0 Å². The number of rotatable bonds is 0. The summed E-state index contributed by atoms with van der Waals surface area (Å²) in [7, 11) is 0. The van der Waals surface area contributed by atoms with E-state index in [1.165, 1.54) is 0 Å². The number of aromatic amines is 1. The van der Waals surface area contributed by atoms with E-state index in [2.05, 4.69) is 20.9 Å². The number of aromatic nitrogens is 1. The van der Waals surface area contributed by atoms with Crippen molar-refractivity contribution < 1.29 is 0 Å². The predicted octanol–water partition coefficient (Wildman–Crippen LogP) is 4.06. The molecule has 90 valence electrons. The Morgan fingerprint density at radius 1 is 1.06 bits per heavy atom. The maximum absolute atomic E-state index is 12.3. The molecule has 2 nitrogen and oxygen atoms in total. The third-order valence-electron chi connectivity index (χ3n) is 3.45. The fourth-order valence-corrected chi connectivity index (χ4v) is 2.87. The standard InChI is InChI=1S/C15H12BrNO/c1-8-9(2)17-14-11-6-4-3-5-10(11)13(16)7-12(14)15(8)18/h3-7H,1-2H3,(H,17,18). The van der Waals surface area contributed by atoms with Gasteiger partial charge in [-0.05, 0) is 25.3 Å². The van der Waals surface area contributed by atoms with Crippen LogP contribution in [-0.2, 0) is 0 Å². The van der Waals surface area contributed by atoms with Gasteiger partial charge in [0.15, 0.2) is 5.43 Å². The summed E-state index contributed by atoms with van der Waals surface area (Å²) in [5, 5.41) is 2.93. The molecule has 2 aromatic carbocycles. The minimum Gasteiger partial charge on any atom is -0.358 e. The minimum absolute atomic E-state index is 0.104. The lowest BCUT2D eigenvalue weighted by atomic mass is 10.0. The fourth-order valence-electron chi connectivity index (χ4n) is 2.30. The highest BCUT2D eigenvalue weighted by Gasteiger charge is 2.10. The smallest absolute Gasteiger partial charge is 0.192 e. The second-order valence-corrected chi connectivity index (χ2v) is 5.38. The number of H-pyrrole nitrogens is 1. The molecule has 0 saturated carbocycles. The summed E-state index contributed by atoms with van der Waals surface area (Å²) in [5.74, 6) is 0. The van der Waals surface area contributed by atoms with E-state index in [1.54, 1.807) is 0 Å². The molecular formula is C15H12BrNO. The summed E-state index contributed by atoms with van der Waals surface area (Å²) in [6.07, 6.45) is 0. The van der Waals surface area contributed by atoms with E-state index in [9.17, 15) is 4.79 Å². The van der Waals surface area contributed by atoms with Crippen molar-refractivity contribution in [1.29, 1.82) is 0 Å². The third-order valence-corrected chi connectivity index (χ3v) is 4.11. The van der Waals surface area contributed by atoms with E-state index < -0.39 is 0 Å². The Balaban J connectivity index is 2.68. The van der Waals surface area contributed by atoms with Crippen LogP contribution in [0.1, 0.15) is 11.3 Å². The summed E-state index contributed by atoms with van der Waals surface area (Å²) in [6.45, 7) is 3.80. The van der Waals surface area contributed by atoms with Crippen LogP contribution in [0.4, 0.5) is 0 Å². The molecule has 0 aliphatic rings. The maximum Gasteiger partial charge on any atom is 0.192 e. The molecule has 0 aliphatic heterocycles. The van der Waals surface area contributed by atoms with Crippen LogP contribution in [0.3, 0.4) is 0 Å². The highest BCUT2D eigenvalue weighted by atomic mass is 79.9. The van der Waals surface area contributed by atoms with Crippen molar-refractivity contribution in [2.24, 2.45) is 0 Å². The molecule has 3 rings (SSSR count). The molecular weight excluding hydrogens is 290 g/mol. The maximum atomic E-state index is 12.3. The van der Waals surface area contributed by atoms with Crippen LogP contribution >= 0.6 is 15.9 Å². The van der Waals surface area contributed by atoms with Crippen LogP contribution in [0.2, 0.25) is 0 Å². The molecule has 0 aliphatic carbocycles. The molecule has 0 unspecified atom stereocenters. The first-order valence-electron chi connectivity index (χ1n) is 5.80. The first kappa shape index (κ1) is 11.5. The highest BCUT2D eigenvalue weighted by Crippen LogP contribution is 2.29. The number of hydrogen-bond acceptors (Lipinski definition) is 1. The summed E-state index contributed by atoms with van der Waals surface area (Å²) in [6, 6.07) is 9.97. The molecule has 0 saturated heterocycles. The lowest BCUT2D eigenvalue weighted by Crippen LogP contribution is -2.09. The Bertz CT molecular complexity index is 833. The number of benzene rings is 2. The molecule has 0 spiro atoms. The van der Waals surface area contributed by atoms with E-state index in [0.29, 0.717) is 0 Å². The Morgan fingerprint density at radius 2 is 1.72 bits per heavy atom. The quantitative estimate of drug-likeness (QED) is 0.624. The molecule has 1 heterocycles. The average Bonchev–Trinajstić information content (AvgIpc) is 2.38. The number of hydrogen-bond donors (Lipinski definition) is 1. The number of halogens is 1. The number of pyridine rings is 1. The Kier molecular flexibility index (Phi) is 2.52. The van der Waals surface area contributed by atoms with Crippen molar-refractivity contribution in [3.8, 4) is 0 Å². The van der Waals surface area contributed by atoms with Gasteiger partial charge >= 0.3 is 0 Å². The topological polar surface area (TPSA) is 32.9 Å². The first-order valence-corrected chi connectivity index (χ1v) is 6.59. The molecule has 3 aromatic rings. The summed E-state index contributed by atoms with van der Waals surface area (Å²) in [4.78, 5) is 15.7. The van der Waals surface area contributed by atoms with E-state index in [0.717, 1.165) is 37.4 Å². The lowest BCUT2D eigenvalue weighted by Gasteiger charge is -2.09. The van der Waals surface area contributed by atoms with Crippen LogP contribution in [0, 0.1) is 13.8 Å². The van der Waals surface area contributed by atoms with E-state index in [1.807, 2.05) is 44.2 Å². The van der Waals surface area contributed by atoms with Crippen LogP contribution < -0.4 is 5.43 Å². The molecule has 0 radical (unpaired) electrons. The zero-order valence-electron chi connectivity index (χ0n) is 10.2. The van der Waals surface area contributed by atoms with Gasteiger partial charge in [-0.2, -0.15) is 0 Å². The number of nitrogens with one attached hydrogen (secondary N) is 1. The second kappa shape index (κ2) is 3.95. The van der Waals surface area contributed by atoms with Gasteiger partial charge in [-0.25, -0.2) is 0 Å². The van der Waals surface area contributed by atoms with Gasteiger partial charge in [0, 0.05) is 26.5 Å². The van der Waals surface area contributed by atoms with Gasteiger partial charge in [-0.3, -0.25) is 4.79 Å². The van der Waals surface area contributed by atoms with Crippen molar-refractivity contribution >= 4 is 37.6 Å². The normalized spacial score (nSPS) is 11.3. The van der Waals surface area contributed by atoms with Crippen molar-refractivity contribution in [3.05, 3.63) is 56.3 Å². The largest absolute Gasteiger partial charge is 0.358 e. The average molecular weight is 302 g/mol. The molecule has 0 fully saturated rings. The highest BCUT2D eigenvalue weighted by molar-refractivity contribution is 9.10. The molecule has 0 atom stereocenters. The molecule has 1 N–H and O–H groups in total. The summed E-state index contributed by atoms with van der Waals surface area (Å²) >= 11 is 3.54. The fraction of sp³-hybridized carbons (Fsp3) is 0.133. The van der Waals surface area contributed by atoms with Crippen molar-refractivity contribution in [2.45, 2.75) is 13.8 Å². The van der Waals surface area contributed by atoms with Crippen LogP contribution in [0.15, 0.2) is 39.6 Å². The van der Waals surface area contributed by atoms with Crippen LogP contribution in [0.25, 0.3) is 21.7 Å². The summed E-state index contributed by atoms with van der Waals surface area (Å²) in [5.41, 5.74) is 2.74. The third kappa shape index (κ3) is 1.51. The Labute approximate surface area is 113 Å². The van der Waals surface area contributed by atoms with E-state index >= 15 is 0 Å². The van der Waals surface area contributed by atoms with E-state index in [-0.39, 0.29) is 5.43 Å². The van der Waals surface area contributed by atoms with Gasteiger partial charge in [0.25, 0.3) is 0 Å². The van der Waals surface area contributed by atoms with Crippen LogP contribution in [-0.4, -0.2) is 4.98 Å². The number of fused-ring (bicyclic) bond motifs is 3. The van der Waals surface area contributed by atoms with Gasteiger partial charge in [-0.15, -0.1) is 0 Å². The predicted molar refractivity (Wildman–Crippen MR) is 79.2 cm³/mol.